The molecule has 1 aromatic heterocycles. The number of rotatable bonds is 3. The molecule has 0 radical (unpaired) electrons. The lowest BCUT2D eigenvalue weighted by atomic mass is 10.1. The first-order valence-electron chi connectivity index (χ1n) is 6.65. The van der Waals surface area contributed by atoms with Gasteiger partial charge in [-0.1, -0.05) is 35.9 Å². The number of carbonyl (C=O) groups excluding carboxylic acids is 1. The molecular formula is C16H10ClFN2O3. The minimum Gasteiger partial charge on any atom is -0.456 e. The largest absolute Gasteiger partial charge is 0.456 e. The van der Waals surface area contributed by atoms with Gasteiger partial charge in [0.2, 0.25) is 0 Å². The Morgan fingerprint density at radius 3 is 2.65 bits per heavy atom. The topological polar surface area (TPSA) is 72.0 Å². The second-order valence-electron chi connectivity index (χ2n) is 4.72. The highest BCUT2D eigenvalue weighted by Gasteiger charge is 2.17. The van der Waals surface area contributed by atoms with E-state index >= 15 is 0 Å². The second-order valence-corrected chi connectivity index (χ2v) is 5.13. The quantitative estimate of drug-likeness (QED) is 0.748. The van der Waals surface area contributed by atoms with Crippen molar-refractivity contribution < 1.29 is 13.9 Å². The van der Waals surface area contributed by atoms with Crippen LogP contribution in [0.2, 0.25) is 5.02 Å². The summed E-state index contributed by atoms with van der Waals surface area (Å²) < 4.78 is 18.7. The molecule has 0 saturated heterocycles. The molecule has 1 N–H and O–H groups in total. The predicted molar refractivity (Wildman–Crippen MR) is 82.9 cm³/mol. The van der Waals surface area contributed by atoms with Crippen LogP contribution in [0.3, 0.4) is 0 Å². The van der Waals surface area contributed by atoms with Gasteiger partial charge in [-0.05, 0) is 18.2 Å². The van der Waals surface area contributed by atoms with E-state index in [0.29, 0.717) is 10.8 Å². The number of ether oxygens (including phenoxy) is 1. The Balaban J connectivity index is 1.90. The first-order valence-corrected chi connectivity index (χ1v) is 7.03. The van der Waals surface area contributed by atoms with Crippen molar-refractivity contribution >= 4 is 28.3 Å². The van der Waals surface area contributed by atoms with Crippen LogP contribution in [-0.4, -0.2) is 16.2 Å². The number of aromatic nitrogens is 2. The number of carbonyl (C=O) groups is 1. The summed E-state index contributed by atoms with van der Waals surface area (Å²) in [6.45, 7) is -0.334. The van der Waals surface area contributed by atoms with Crippen LogP contribution in [-0.2, 0) is 11.3 Å². The average Bonchev–Trinajstić information content (AvgIpc) is 2.55. The third-order valence-electron chi connectivity index (χ3n) is 3.30. The molecule has 0 unspecified atom stereocenters. The Labute approximate surface area is 134 Å². The van der Waals surface area contributed by atoms with Gasteiger partial charge in [0.1, 0.15) is 12.4 Å². The van der Waals surface area contributed by atoms with Gasteiger partial charge in [-0.25, -0.2) is 14.3 Å². The number of fused-ring (bicyclic) bond motifs is 1. The van der Waals surface area contributed by atoms with Crippen molar-refractivity contribution in [1.29, 1.82) is 0 Å². The number of aromatic amines is 1. The van der Waals surface area contributed by atoms with Crippen LogP contribution < -0.4 is 5.56 Å². The van der Waals surface area contributed by atoms with Crippen molar-refractivity contribution in [3.8, 4) is 0 Å². The van der Waals surface area contributed by atoms with Crippen LogP contribution >= 0.6 is 11.6 Å². The molecule has 0 amide bonds. The number of H-pyrrole nitrogens is 1. The van der Waals surface area contributed by atoms with Crippen LogP contribution in [0.15, 0.2) is 47.3 Å². The van der Waals surface area contributed by atoms with E-state index in [-0.39, 0.29) is 22.9 Å². The van der Waals surface area contributed by atoms with Gasteiger partial charge in [0, 0.05) is 10.9 Å². The summed E-state index contributed by atoms with van der Waals surface area (Å²) in [6.07, 6.45) is 0. The first kappa shape index (κ1) is 15.2. The molecular weight excluding hydrogens is 323 g/mol. The lowest BCUT2D eigenvalue weighted by molar-refractivity contribution is 0.0463. The molecule has 5 nitrogen and oxygen atoms in total. The highest BCUT2D eigenvalue weighted by Crippen LogP contribution is 2.21. The summed E-state index contributed by atoms with van der Waals surface area (Å²) in [4.78, 5) is 23.9. The average molecular weight is 333 g/mol. The van der Waals surface area contributed by atoms with Crippen LogP contribution in [0.4, 0.5) is 4.39 Å². The molecule has 3 aromatic rings. The van der Waals surface area contributed by atoms with Gasteiger partial charge in [-0.15, -0.1) is 0 Å². The van der Waals surface area contributed by atoms with Crippen molar-refractivity contribution in [3.05, 3.63) is 74.9 Å². The molecule has 0 bridgehead atoms. The lowest BCUT2D eigenvalue weighted by Gasteiger charge is -2.08. The van der Waals surface area contributed by atoms with E-state index in [9.17, 15) is 14.0 Å². The van der Waals surface area contributed by atoms with Gasteiger partial charge in [0.15, 0.2) is 5.69 Å². The molecule has 0 saturated carbocycles. The summed E-state index contributed by atoms with van der Waals surface area (Å²) >= 11 is 5.88. The van der Waals surface area contributed by atoms with E-state index in [2.05, 4.69) is 10.2 Å². The van der Waals surface area contributed by atoms with E-state index in [0.717, 1.165) is 0 Å². The molecule has 3 rings (SSSR count). The molecule has 0 fully saturated rings. The predicted octanol–water partition coefficient (Wildman–Crippen LogP) is 3.07. The van der Waals surface area contributed by atoms with Crippen molar-refractivity contribution in [2.45, 2.75) is 6.61 Å². The highest BCUT2D eigenvalue weighted by molar-refractivity contribution is 6.31. The minimum absolute atomic E-state index is 0.0485. The second kappa shape index (κ2) is 6.18. The van der Waals surface area contributed by atoms with E-state index < -0.39 is 17.3 Å². The minimum atomic E-state index is -0.781. The summed E-state index contributed by atoms with van der Waals surface area (Å²) in [5.74, 6) is -1.35. The third-order valence-corrected chi connectivity index (χ3v) is 3.65. The summed E-state index contributed by atoms with van der Waals surface area (Å²) in [5, 5.41) is 6.81. The van der Waals surface area contributed by atoms with Crippen molar-refractivity contribution in [3.63, 3.8) is 0 Å². The number of hydrogen-bond acceptors (Lipinski definition) is 4. The van der Waals surface area contributed by atoms with Crippen molar-refractivity contribution in [2.24, 2.45) is 0 Å². The van der Waals surface area contributed by atoms with E-state index in [1.807, 2.05) is 0 Å². The zero-order valence-electron chi connectivity index (χ0n) is 11.7. The number of hydrogen-bond donors (Lipinski definition) is 1. The Kier molecular flexibility index (Phi) is 4.08. The summed E-state index contributed by atoms with van der Waals surface area (Å²) in [6, 6.07) is 10.7. The standard InChI is InChI=1S/C16H10ClFN2O3/c17-12-6-3-7-13(18)11(12)8-23-16(22)14-9-4-1-2-5-10(9)15(21)20-19-14/h1-7H,8H2,(H,20,21). The Bertz CT molecular complexity index is 935. The lowest BCUT2D eigenvalue weighted by Crippen LogP contribution is -2.16. The Morgan fingerprint density at radius 1 is 1.17 bits per heavy atom. The zero-order chi connectivity index (χ0) is 16.4. The SMILES string of the molecule is O=C(OCc1c(F)cccc1Cl)c1n[nH]c(=O)c2ccccc12. The number of benzene rings is 2. The fourth-order valence-electron chi connectivity index (χ4n) is 2.15. The van der Waals surface area contributed by atoms with Crippen LogP contribution in [0.25, 0.3) is 10.8 Å². The van der Waals surface area contributed by atoms with Crippen molar-refractivity contribution in [2.75, 3.05) is 0 Å². The summed E-state index contributed by atoms with van der Waals surface area (Å²) in [7, 11) is 0. The monoisotopic (exact) mass is 332 g/mol. The van der Waals surface area contributed by atoms with Gasteiger partial charge in [0.25, 0.3) is 5.56 Å². The zero-order valence-corrected chi connectivity index (χ0v) is 12.4. The van der Waals surface area contributed by atoms with E-state index in [1.54, 1.807) is 24.3 Å². The first-order chi connectivity index (χ1) is 11.1. The van der Waals surface area contributed by atoms with Gasteiger partial charge >= 0.3 is 5.97 Å². The maximum Gasteiger partial charge on any atom is 0.359 e. The molecule has 0 atom stereocenters. The van der Waals surface area contributed by atoms with Gasteiger partial charge in [-0.2, -0.15) is 5.10 Å². The van der Waals surface area contributed by atoms with Crippen LogP contribution in [0.1, 0.15) is 16.1 Å². The molecule has 0 aliphatic carbocycles. The molecule has 116 valence electrons. The molecule has 1 heterocycles. The number of halogens is 2. The van der Waals surface area contributed by atoms with Gasteiger partial charge < -0.3 is 4.74 Å². The highest BCUT2D eigenvalue weighted by atomic mass is 35.5. The van der Waals surface area contributed by atoms with Gasteiger partial charge in [0.05, 0.1) is 10.4 Å². The van der Waals surface area contributed by atoms with Crippen LogP contribution in [0.5, 0.6) is 0 Å². The maximum absolute atomic E-state index is 13.7. The molecule has 0 spiro atoms. The normalized spacial score (nSPS) is 10.7. The molecule has 0 aliphatic rings. The summed E-state index contributed by atoms with van der Waals surface area (Å²) in [5.41, 5.74) is -0.377. The van der Waals surface area contributed by atoms with E-state index in [1.165, 1.54) is 18.2 Å². The molecule has 23 heavy (non-hydrogen) atoms. The van der Waals surface area contributed by atoms with Gasteiger partial charge in [-0.3, -0.25) is 4.79 Å². The van der Waals surface area contributed by atoms with E-state index in [4.69, 9.17) is 16.3 Å². The molecule has 7 heteroatoms. The molecule has 2 aromatic carbocycles. The van der Waals surface area contributed by atoms with Crippen molar-refractivity contribution in [1.82, 2.24) is 10.2 Å². The number of esters is 1. The van der Waals surface area contributed by atoms with Crippen LogP contribution in [0, 0.1) is 5.82 Å². The number of nitrogens with one attached hydrogen (secondary N) is 1. The maximum atomic E-state index is 13.7. The third kappa shape index (κ3) is 2.93. The Morgan fingerprint density at radius 2 is 1.91 bits per heavy atom. The molecule has 0 aliphatic heterocycles. The fraction of sp³-hybridized carbons (Fsp3) is 0.0625. The number of nitrogens with zero attached hydrogens (tertiary/aromatic N) is 1. The Hall–Kier alpha value is -2.73. The fourth-order valence-corrected chi connectivity index (χ4v) is 2.36. The smallest absolute Gasteiger partial charge is 0.359 e.